The Morgan fingerprint density at radius 2 is 0.958 bits per heavy atom. The molecule has 4 N–H and O–H groups in total. The van der Waals surface area contributed by atoms with Gasteiger partial charge in [0.2, 0.25) is 0 Å². The first-order chi connectivity index (χ1) is 21.6. The normalized spacial score (nSPS) is 13.5. The zero-order valence-electron chi connectivity index (χ0n) is 34.1. The number of hydrogen-bond donors (Lipinski definition) is 4. The molecule has 0 bridgehead atoms. The lowest BCUT2D eigenvalue weighted by Gasteiger charge is -2.38. The van der Waals surface area contributed by atoms with E-state index >= 15 is 0 Å². The van der Waals surface area contributed by atoms with E-state index in [1.54, 1.807) is 6.08 Å². The van der Waals surface area contributed by atoms with Gasteiger partial charge in [0.1, 0.15) is 0 Å². The van der Waals surface area contributed by atoms with E-state index in [-0.39, 0.29) is 26.4 Å². The van der Waals surface area contributed by atoms with E-state index in [1.165, 1.54) is 0 Å². The summed E-state index contributed by atoms with van der Waals surface area (Å²) in [4.78, 5) is 0. The van der Waals surface area contributed by atoms with E-state index < -0.39 is 61.9 Å². The second-order valence-electron chi connectivity index (χ2n) is 16.9. The summed E-state index contributed by atoms with van der Waals surface area (Å²) in [6, 6.07) is 0.916. The maximum absolute atomic E-state index is 9.45. The van der Waals surface area contributed by atoms with E-state index in [2.05, 4.69) is 98.2 Å². The fourth-order valence-electron chi connectivity index (χ4n) is 4.51. The molecular formula is C32H80O10Si6. The van der Waals surface area contributed by atoms with Crippen molar-refractivity contribution in [2.75, 3.05) is 52.9 Å². The summed E-state index contributed by atoms with van der Waals surface area (Å²) in [6.45, 7) is 39.9. The predicted molar refractivity (Wildman–Crippen MR) is 217 cm³/mol. The van der Waals surface area contributed by atoms with Gasteiger partial charge in [-0.3, -0.25) is 0 Å². The van der Waals surface area contributed by atoms with Crippen molar-refractivity contribution in [3.63, 3.8) is 0 Å². The number of ether oxygens (including phenoxy) is 2. The Morgan fingerprint density at radius 1 is 0.604 bits per heavy atom. The van der Waals surface area contributed by atoms with E-state index in [4.69, 9.17) is 36.1 Å². The molecule has 0 atom stereocenters. The molecule has 10 nitrogen and oxygen atoms in total. The highest BCUT2D eigenvalue weighted by Crippen LogP contribution is 2.26. The molecule has 0 fully saturated rings. The van der Waals surface area contributed by atoms with Crippen LogP contribution in [-0.2, 0) is 25.9 Å². The first-order valence-electron chi connectivity index (χ1n) is 17.6. The molecule has 0 aromatic heterocycles. The van der Waals surface area contributed by atoms with Gasteiger partial charge in [-0.25, -0.2) is 0 Å². The second-order valence-corrected chi connectivity index (χ2v) is 41.2. The van der Waals surface area contributed by atoms with Crippen LogP contribution in [0.3, 0.4) is 0 Å². The van der Waals surface area contributed by atoms with Crippen molar-refractivity contribution in [1.29, 1.82) is 0 Å². The van der Waals surface area contributed by atoms with Gasteiger partial charge in [-0.2, -0.15) is 0 Å². The first kappa shape index (κ1) is 53.0. The summed E-state index contributed by atoms with van der Waals surface area (Å²) >= 11 is 0. The largest absolute Gasteiger partial charge is 0.439 e. The van der Waals surface area contributed by atoms with Gasteiger partial charge in [0.05, 0.1) is 46.2 Å². The van der Waals surface area contributed by atoms with E-state index in [1.807, 2.05) is 13.8 Å². The molecule has 0 aliphatic carbocycles. The van der Waals surface area contributed by atoms with E-state index in [0.29, 0.717) is 39.3 Å². The van der Waals surface area contributed by atoms with Crippen molar-refractivity contribution in [2.24, 2.45) is 10.8 Å². The molecule has 16 heteroatoms. The van der Waals surface area contributed by atoms with Crippen LogP contribution < -0.4 is 0 Å². The molecule has 0 spiro atoms. The average Bonchev–Trinajstić information content (AvgIpc) is 2.90. The van der Waals surface area contributed by atoms with Crippen LogP contribution >= 0.6 is 0 Å². The van der Waals surface area contributed by atoms with Crippen molar-refractivity contribution >= 4 is 51.1 Å². The number of rotatable bonds is 24. The quantitative estimate of drug-likeness (QED) is 0.0478. The Bertz CT molecular complexity index is 755. The minimum absolute atomic E-state index is 0.0445. The summed E-state index contributed by atoms with van der Waals surface area (Å²) in [5, 5.41) is 36.9. The van der Waals surface area contributed by atoms with E-state index in [0.717, 1.165) is 12.5 Å². The molecule has 292 valence electrons. The molecule has 0 saturated heterocycles. The van der Waals surface area contributed by atoms with Gasteiger partial charge in [-0.15, -0.1) is 6.58 Å². The van der Waals surface area contributed by atoms with Gasteiger partial charge in [0.25, 0.3) is 9.28 Å². The first-order valence-corrected chi connectivity index (χ1v) is 35.9. The molecule has 0 amide bonds. The molecule has 0 heterocycles. The molecule has 0 aromatic carbocycles. The molecular weight excluding hydrogens is 713 g/mol. The van der Waals surface area contributed by atoms with Gasteiger partial charge in [-0.05, 0) is 117 Å². The van der Waals surface area contributed by atoms with Gasteiger partial charge in [0.15, 0.2) is 33.3 Å². The van der Waals surface area contributed by atoms with Crippen LogP contribution in [0.1, 0.15) is 33.1 Å². The zero-order valence-corrected chi connectivity index (χ0v) is 40.2. The van der Waals surface area contributed by atoms with Gasteiger partial charge < -0.3 is 46.4 Å². The third-order valence-electron chi connectivity index (χ3n) is 6.90. The molecule has 0 radical (unpaired) electrons. The Labute approximate surface area is 303 Å². The highest BCUT2D eigenvalue weighted by atomic mass is 28.5. The number of hydrogen-bond acceptors (Lipinski definition) is 10. The predicted octanol–water partition coefficient (Wildman–Crippen LogP) is 6.66. The zero-order chi connectivity index (χ0) is 38.5. The number of aliphatic hydroxyl groups is 4. The molecule has 0 aromatic rings. The van der Waals surface area contributed by atoms with Crippen LogP contribution in [0.15, 0.2) is 12.7 Å². The minimum Gasteiger partial charge on any atom is -0.439 e. The van der Waals surface area contributed by atoms with Crippen molar-refractivity contribution in [3.8, 4) is 0 Å². The third-order valence-corrected chi connectivity index (χ3v) is 24.8. The van der Waals surface area contributed by atoms with Crippen molar-refractivity contribution < 1.29 is 46.4 Å². The Morgan fingerprint density at radius 3 is 1.23 bits per heavy atom. The number of aliphatic hydroxyl groups excluding tert-OH is 4. The molecule has 0 saturated carbocycles. The fourth-order valence-corrected chi connectivity index (χ4v) is 25.6. The van der Waals surface area contributed by atoms with Crippen molar-refractivity contribution in [2.45, 2.75) is 131 Å². The van der Waals surface area contributed by atoms with E-state index in [9.17, 15) is 10.2 Å². The summed E-state index contributed by atoms with van der Waals surface area (Å²) in [6.07, 6.45) is 3.94. The minimum atomic E-state index is -2.20. The topological polar surface area (TPSA) is 136 Å². The molecule has 48 heavy (non-hydrogen) atoms. The van der Waals surface area contributed by atoms with Gasteiger partial charge in [0, 0.05) is 17.4 Å². The van der Waals surface area contributed by atoms with Crippen LogP contribution in [0.2, 0.25) is 97.7 Å². The van der Waals surface area contributed by atoms with Crippen LogP contribution in [-0.4, -0.2) is 124 Å². The highest BCUT2D eigenvalue weighted by molar-refractivity contribution is 6.87. The smallest absolute Gasteiger partial charge is 0.314 e. The second kappa shape index (κ2) is 24.8. The maximum atomic E-state index is 9.45. The van der Waals surface area contributed by atoms with Crippen molar-refractivity contribution in [1.82, 2.24) is 0 Å². The SMILES string of the molecule is C=CCOCC(CC)(CO)CO.CCC(CO)(CO)COCCC[Si](C)(O[Si](C)(C)C)O[Si](C)(C)C.C[SiH](O[Si](C)(C)C)O[Si](C)(C)C. The Hall–Kier alpha value is 0.641. The Balaban J connectivity index is -0.000000706. The monoisotopic (exact) mass is 792 g/mol. The summed E-state index contributed by atoms with van der Waals surface area (Å²) < 4.78 is 35.7. The lowest BCUT2D eigenvalue weighted by molar-refractivity contribution is -0.0298. The lowest BCUT2D eigenvalue weighted by atomic mass is 9.88. The Kier molecular flexibility index (Phi) is 27.4. The highest BCUT2D eigenvalue weighted by Gasteiger charge is 2.40. The average molecular weight is 793 g/mol. The standard InChI is InChI=1S/C16H40O5Si3.C9H18O3.C7H22O2Si3/c1-9-16(13-17,14-18)15-19-11-10-12-24(8,20-22(2,3)4)21-23(5,6)7;1-3-5-12-8-9(4-2,6-10)7-11;1-10(8-11(2,3)4)9-12(5,6)7/h17-18H,9-15H2,1-8H3;3,10-11H,1,4-8H2,2H3;10H,1-7H3. The molecule has 0 aliphatic rings. The maximum Gasteiger partial charge on any atom is 0.314 e. The molecule has 0 rings (SSSR count). The fraction of sp³-hybridized carbons (Fsp3) is 0.938. The summed E-state index contributed by atoms with van der Waals surface area (Å²) in [7, 11) is -9.56. The van der Waals surface area contributed by atoms with Crippen LogP contribution in [0.4, 0.5) is 0 Å². The van der Waals surface area contributed by atoms with Gasteiger partial charge in [-0.1, -0.05) is 19.9 Å². The van der Waals surface area contributed by atoms with Crippen LogP contribution in [0, 0.1) is 10.8 Å². The van der Waals surface area contributed by atoms with Gasteiger partial charge >= 0.3 is 8.56 Å². The third kappa shape index (κ3) is 30.3. The van der Waals surface area contributed by atoms with Crippen LogP contribution in [0.5, 0.6) is 0 Å². The summed E-state index contributed by atoms with van der Waals surface area (Å²) in [5.74, 6) is 0. The van der Waals surface area contributed by atoms with Crippen LogP contribution in [0.25, 0.3) is 0 Å². The summed E-state index contributed by atoms with van der Waals surface area (Å²) in [5.41, 5.74) is -1.01. The molecule has 0 aliphatic heterocycles. The van der Waals surface area contributed by atoms with Crippen molar-refractivity contribution in [3.05, 3.63) is 12.7 Å². The molecule has 0 unspecified atom stereocenters. The lowest BCUT2D eigenvalue weighted by Crippen LogP contribution is -2.52.